The van der Waals surface area contributed by atoms with Crippen LogP contribution >= 0.6 is 0 Å². The SMILES string of the molecule is O=C(c1n[nH]c2ccccc12)N1C2CC3CN(CCC31)C2. The molecule has 1 amide bonds. The van der Waals surface area contributed by atoms with Gasteiger partial charge in [0.25, 0.3) is 5.91 Å². The van der Waals surface area contributed by atoms with Crippen LogP contribution in [0.1, 0.15) is 23.3 Å². The maximum absolute atomic E-state index is 13.1. The molecule has 2 aromatic rings. The standard InChI is InChI=1S/C16H18N4O/c21-16(15-12-3-1-2-4-13(12)17-18-15)20-11-7-10-8-19(9-11)6-5-14(10)20/h1-4,10-11,14H,5-9H2,(H,17,18). The number of para-hydroxylation sites is 1. The molecule has 0 radical (unpaired) electrons. The Balaban J connectivity index is 1.57. The molecule has 3 fully saturated rings. The summed E-state index contributed by atoms with van der Waals surface area (Å²) in [6.45, 7) is 3.36. The third-order valence-electron chi connectivity index (χ3n) is 5.48. The van der Waals surface area contributed by atoms with Crippen LogP contribution in [0.3, 0.4) is 0 Å². The molecule has 0 spiro atoms. The second-order valence-electron chi connectivity index (χ2n) is 6.60. The van der Waals surface area contributed by atoms with Gasteiger partial charge in [0.05, 0.1) is 5.52 Å². The zero-order valence-corrected chi connectivity index (χ0v) is 11.8. The van der Waals surface area contributed by atoms with Crippen LogP contribution in [0.5, 0.6) is 0 Å². The minimum Gasteiger partial charge on any atom is -0.330 e. The van der Waals surface area contributed by atoms with Gasteiger partial charge < -0.3 is 9.80 Å². The number of amides is 1. The number of nitrogens with zero attached hydrogens (tertiary/aromatic N) is 3. The van der Waals surface area contributed by atoms with Gasteiger partial charge in [-0.25, -0.2) is 0 Å². The predicted molar refractivity (Wildman–Crippen MR) is 79.0 cm³/mol. The summed E-state index contributed by atoms with van der Waals surface area (Å²) in [4.78, 5) is 17.7. The Morgan fingerprint density at radius 1 is 1.29 bits per heavy atom. The molecule has 1 aromatic heterocycles. The van der Waals surface area contributed by atoms with Gasteiger partial charge in [0.2, 0.25) is 0 Å². The first-order chi connectivity index (χ1) is 10.3. The van der Waals surface area contributed by atoms with Crippen molar-refractivity contribution in [2.24, 2.45) is 5.92 Å². The average Bonchev–Trinajstić information content (AvgIpc) is 2.99. The zero-order chi connectivity index (χ0) is 14.0. The molecule has 3 aliphatic rings. The van der Waals surface area contributed by atoms with E-state index in [1.54, 1.807) is 0 Å². The maximum atomic E-state index is 13.1. The highest BCUT2D eigenvalue weighted by Crippen LogP contribution is 2.41. The molecule has 108 valence electrons. The number of rotatable bonds is 1. The fourth-order valence-corrected chi connectivity index (χ4v) is 4.62. The number of H-pyrrole nitrogens is 1. The number of piperidine rings is 2. The molecule has 0 aliphatic carbocycles. The summed E-state index contributed by atoms with van der Waals surface area (Å²) >= 11 is 0. The van der Waals surface area contributed by atoms with Crippen molar-refractivity contribution in [2.75, 3.05) is 19.6 Å². The largest absolute Gasteiger partial charge is 0.330 e. The van der Waals surface area contributed by atoms with Gasteiger partial charge in [-0.3, -0.25) is 9.89 Å². The minimum absolute atomic E-state index is 0.119. The topological polar surface area (TPSA) is 52.2 Å². The monoisotopic (exact) mass is 282 g/mol. The third-order valence-corrected chi connectivity index (χ3v) is 5.48. The summed E-state index contributed by atoms with van der Waals surface area (Å²) < 4.78 is 0. The molecule has 4 atom stereocenters. The Kier molecular flexibility index (Phi) is 2.28. The van der Waals surface area contributed by atoms with Crippen LogP contribution in [0.15, 0.2) is 24.3 Å². The van der Waals surface area contributed by atoms with Crippen LogP contribution in [-0.2, 0) is 0 Å². The van der Waals surface area contributed by atoms with Gasteiger partial charge in [0.1, 0.15) is 0 Å². The van der Waals surface area contributed by atoms with E-state index in [-0.39, 0.29) is 5.91 Å². The number of nitrogens with one attached hydrogen (secondary N) is 1. The van der Waals surface area contributed by atoms with Crippen molar-refractivity contribution in [3.05, 3.63) is 30.0 Å². The number of carbonyl (C=O) groups is 1. The van der Waals surface area contributed by atoms with Crippen LogP contribution < -0.4 is 0 Å². The van der Waals surface area contributed by atoms with E-state index in [0.717, 1.165) is 30.4 Å². The summed E-state index contributed by atoms with van der Waals surface area (Å²) in [5.41, 5.74) is 1.53. The van der Waals surface area contributed by atoms with Crippen molar-refractivity contribution in [2.45, 2.75) is 24.9 Å². The highest BCUT2D eigenvalue weighted by molar-refractivity contribution is 6.05. The Labute approximate surface area is 122 Å². The number of carbonyl (C=O) groups excluding carboxylic acids is 1. The van der Waals surface area contributed by atoms with Crippen molar-refractivity contribution >= 4 is 16.8 Å². The molecule has 21 heavy (non-hydrogen) atoms. The van der Waals surface area contributed by atoms with Crippen molar-refractivity contribution in [1.29, 1.82) is 0 Å². The smallest absolute Gasteiger partial charge is 0.275 e. The Morgan fingerprint density at radius 3 is 3.14 bits per heavy atom. The van der Waals surface area contributed by atoms with Crippen LogP contribution in [-0.4, -0.2) is 57.6 Å². The lowest BCUT2D eigenvalue weighted by atomic mass is 9.89. The van der Waals surface area contributed by atoms with Crippen LogP contribution in [0, 0.1) is 5.92 Å². The molecule has 5 heteroatoms. The Bertz CT molecular complexity index is 724. The van der Waals surface area contributed by atoms with E-state index < -0.39 is 0 Å². The summed E-state index contributed by atoms with van der Waals surface area (Å²) in [5.74, 6) is 0.792. The van der Waals surface area contributed by atoms with Gasteiger partial charge in [-0.05, 0) is 24.8 Å². The van der Waals surface area contributed by atoms with E-state index in [0.29, 0.717) is 23.7 Å². The Hall–Kier alpha value is -1.88. The van der Waals surface area contributed by atoms with Crippen molar-refractivity contribution in [3.8, 4) is 0 Å². The van der Waals surface area contributed by atoms with Crippen LogP contribution in [0.2, 0.25) is 0 Å². The second-order valence-corrected chi connectivity index (χ2v) is 6.60. The van der Waals surface area contributed by atoms with Crippen LogP contribution in [0.4, 0.5) is 0 Å². The average molecular weight is 282 g/mol. The molecule has 5 nitrogen and oxygen atoms in total. The fraction of sp³-hybridized carbons (Fsp3) is 0.500. The number of aromatic nitrogens is 2. The molecule has 5 rings (SSSR count). The van der Waals surface area contributed by atoms with Gasteiger partial charge >= 0.3 is 0 Å². The highest BCUT2D eigenvalue weighted by Gasteiger charge is 2.50. The third kappa shape index (κ3) is 1.55. The molecule has 4 heterocycles. The van der Waals surface area contributed by atoms with Gasteiger partial charge in [0.15, 0.2) is 5.69 Å². The lowest BCUT2D eigenvalue weighted by molar-refractivity contribution is 0.0668. The lowest BCUT2D eigenvalue weighted by Gasteiger charge is -2.35. The van der Waals surface area contributed by atoms with Gasteiger partial charge in [0, 0.05) is 37.1 Å². The first kappa shape index (κ1) is 11.7. The van der Waals surface area contributed by atoms with E-state index in [1.165, 1.54) is 13.0 Å². The van der Waals surface area contributed by atoms with E-state index in [4.69, 9.17) is 0 Å². The summed E-state index contributed by atoms with van der Waals surface area (Å²) in [5, 5.41) is 8.24. The fourth-order valence-electron chi connectivity index (χ4n) is 4.62. The molecule has 3 bridgehead atoms. The number of benzene rings is 1. The molecule has 3 aliphatic heterocycles. The maximum Gasteiger partial charge on any atom is 0.275 e. The number of likely N-dealkylation sites (tertiary alicyclic amines) is 1. The zero-order valence-electron chi connectivity index (χ0n) is 11.8. The van der Waals surface area contributed by atoms with E-state index >= 15 is 0 Å². The molecule has 4 unspecified atom stereocenters. The van der Waals surface area contributed by atoms with E-state index in [9.17, 15) is 4.79 Å². The molecule has 3 saturated heterocycles. The number of fused-ring (bicyclic) bond motifs is 3. The molecule has 0 saturated carbocycles. The number of aromatic amines is 1. The predicted octanol–water partition coefficient (Wildman–Crippen LogP) is 1.48. The lowest BCUT2D eigenvalue weighted by Crippen LogP contribution is -2.44. The normalized spacial score (nSPS) is 33.8. The number of hydrogen-bond acceptors (Lipinski definition) is 3. The van der Waals surface area contributed by atoms with Crippen molar-refractivity contribution < 1.29 is 4.79 Å². The number of hydrogen-bond donors (Lipinski definition) is 1. The first-order valence-corrected chi connectivity index (χ1v) is 7.79. The highest BCUT2D eigenvalue weighted by atomic mass is 16.2. The van der Waals surface area contributed by atoms with E-state index in [1.807, 2.05) is 24.3 Å². The summed E-state index contributed by atoms with van der Waals surface area (Å²) in [7, 11) is 0. The summed E-state index contributed by atoms with van der Waals surface area (Å²) in [6.07, 6.45) is 2.30. The van der Waals surface area contributed by atoms with Gasteiger partial charge in [-0.2, -0.15) is 5.10 Å². The molecular formula is C16H18N4O. The molecule has 1 N–H and O–H groups in total. The quantitative estimate of drug-likeness (QED) is 0.862. The minimum atomic E-state index is 0.119. The van der Waals surface area contributed by atoms with Crippen molar-refractivity contribution in [3.63, 3.8) is 0 Å². The van der Waals surface area contributed by atoms with Crippen molar-refractivity contribution in [1.82, 2.24) is 20.0 Å². The second kappa shape index (κ2) is 4.07. The molecular weight excluding hydrogens is 264 g/mol. The summed E-state index contributed by atoms with van der Waals surface area (Å²) in [6, 6.07) is 8.70. The first-order valence-electron chi connectivity index (χ1n) is 7.79. The van der Waals surface area contributed by atoms with Crippen LogP contribution in [0.25, 0.3) is 10.9 Å². The van der Waals surface area contributed by atoms with Gasteiger partial charge in [-0.1, -0.05) is 18.2 Å². The van der Waals surface area contributed by atoms with Gasteiger partial charge in [-0.15, -0.1) is 0 Å². The molecule has 1 aromatic carbocycles. The van der Waals surface area contributed by atoms with E-state index in [2.05, 4.69) is 20.0 Å². The Morgan fingerprint density at radius 2 is 2.19 bits per heavy atom.